The maximum atomic E-state index is 12.3. The zero-order valence-corrected chi connectivity index (χ0v) is 19.7. The number of sulfonamides is 1. The van der Waals surface area contributed by atoms with E-state index in [1.165, 1.54) is 10.6 Å². The fourth-order valence-electron chi connectivity index (χ4n) is 3.14. The van der Waals surface area contributed by atoms with Gasteiger partial charge < -0.3 is 14.8 Å². The molecule has 1 unspecified atom stereocenters. The molecule has 0 aliphatic heterocycles. The maximum Gasteiger partial charge on any atom is 0.232 e. The van der Waals surface area contributed by atoms with E-state index < -0.39 is 10.0 Å². The Morgan fingerprint density at radius 1 is 1.10 bits per heavy atom. The first-order valence-electron chi connectivity index (χ1n) is 10.2. The number of anilines is 1. The van der Waals surface area contributed by atoms with E-state index in [2.05, 4.69) is 5.32 Å². The fourth-order valence-corrected chi connectivity index (χ4v) is 4.15. The van der Waals surface area contributed by atoms with Crippen LogP contribution < -0.4 is 19.1 Å². The molecule has 0 bridgehead atoms. The average molecular weight is 449 g/mol. The van der Waals surface area contributed by atoms with Gasteiger partial charge in [-0.15, -0.1) is 0 Å². The van der Waals surface area contributed by atoms with E-state index in [1.54, 1.807) is 25.3 Å². The van der Waals surface area contributed by atoms with Gasteiger partial charge in [0.05, 0.1) is 25.1 Å². The first-order valence-corrected chi connectivity index (χ1v) is 12.1. The van der Waals surface area contributed by atoms with E-state index in [1.807, 2.05) is 45.0 Å². The van der Waals surface area contributed by atoms with Crippen LogP contribution in [0, 0.1) is 13.8 Å². The first kappa shape index (κ1) is 24.5. The standard InChI is InChI=1S/C23H32N2O5S/c1-17-8-6-9-22(19(17)3)25(31(5,27)28)15-7-10-23(26)24-18(2)16-30-21-13-11-20(29-4)12-14-21/h6,8-9,11-14,18H,7,10,15-16H2,1-5H3,(H,24,26). The van der Waals surface area contributed by atoms with Crippen molar-refractivity contribution in [3.8, 4) is 11.5 Å². The number of nitrogens with zero attached hydrogens (tertiary/aromatic N) is 1. The summed E-state index contributed by atoms with van der Waals surface area (Å²) in [4.78, 5) is 12.3. The van der Waals surface area contributed by atoms with Crippen molar-refractivity contribution in [3.63, 3.8) is 0 Å². The highest BCUT2D eigenvalue weighted by molar-refractivity contribution is 7.92. The Kier molecular flexibility index (Phi) is 8.74. The van der Waals surface area contributed by atoms with Gasteiger partial charge in [0.2, 0.25) is 15.9 Å². The van der Waals surface area contributed by atoms with E-state index in [0.29, 0.717) is 24.5 Å². The molecule has 0 saturated heterocycles. The normalized spacial score (nSPS) is 12.2. The minimum absolute atomic E-state index is 0.139. The third-order valence-corrected chi connectivity index (χ3v) is 6.16. The number of methoxy groups -OCH3 is 1. The van der Waals surface area contributed by atoms with Crippen LogP contribution in [0.5, 0.6) is 11.5 Å². The molecule has 0 radical (unpaired) electrons. The summed E-state index contributed by atoms with van der Waals surface area (Å²) in [5, 5.41) is 2.89. The molecule has 2 aromatic carbocycles. The first-order chi connectivity index (χ1) is 14.6. The van der Waals surface area contributed by atoms with Crippen LogP contribution in [0.4, 0.5) is 5.69 Å². The van der Waals surface area contributed by atoms with E-state index >= 15 is 0 Å². The minimum Gasteiger partial charge on any atom is -0.497 e. The van der Waals surface area contributed by atoms with Crippen LogP contribution in [-0.2, 0) is 14.8 Å². The molecule has 0 saturated carbocycles. The Labute approximate surface area is 185 Å². The summed E-state index contributed by atoms with van der Waals surface area (Å²) in [5.74, 6) is 1.30. The summed E-state index contributed by atoms with van der Waals surface area (Å²) in [5.41, 5.74) is 2.60. The van der Waals surface area contributed by atoms with Crippen LogP contribution in [0.1, 0.15) is 30.9 Å². The Morgan fingerprint density at radius 3 is 2.35 bits per heavy atom. The lowest BCUT2D eigenvalue weighted by atomic mass is 10.1. The molecular weight excluding hydrogens is 416 g/mol. The van der Waals surface area contributed by atoms with Crippen molar-refractivity contribution in [2.24, 2.45) is 0 Å². The number of ether oxygens (including phenoxy) is 2. The molecule has 170 valence electrons. The van der Waals surface area contributed by atoms with Crippen LogP contribution in [0.3, 0.4) is 0 Å². The quantitative estimate of drug-likeness (QED) is 0.569. The summed E-state index contributed by atoms with van der Waals surface area (Å²) in [6.45, 7) is 6.28. The summed E-state index contributed by atoms with van der Waals surface area (Å²) in [7, 11) is -1.85. The zero-order valence-electron chi connectivity index (χ0n) is 18.8. The van der Waals surface area contributed by atoms with E-state index in [4.69, 9.17) is 9.47 Å². The molecule has 0 heterocycles. The Balaban J connectivity index is 1.84. The van der Waals surface area contributed by atoms with Gasteiger partial charge in [0, 0.05) is 13.0 Å². The largest absolute Gasteiger partial charge is 0.497 e. The van der Waals surface area contributed by atoms with Crippen molar-refractivity contribution in [1.82, 2.24) is 5.32 Å². The molecule has 1 amide bonds. The Morgan fingerprint density at radius 2 is 1.74 bits per heavy atom. The molecule has 0 aromatic heterocycles. The van der Waals surface area contributed by atoms with Gasteiger partial charge in [-0.05, 0) is 68.7 Å². The summed E-state index contributed by atoms with van der Waals surface area (Å²) in [6.07, 6.45) is 1.83. The second-order valence-corrected chi connectivity index (χ2v) is 9.52. The molecule has 0 aliphatic rings. The van der Waals surface area contributed by atoms with E-state index in [9.17, 15) is 13.2 Å². The molecule has 0 aliphatic carbocycles. The number of carbonyl (C=O) groups is 1. The van der Waals surface area contributed by atoms with E-state index in [0.717, 1.165) is 16.9 Å². The summed E-state index contributed by atoms with van der Waals surface area (Å²) < 4.78 is 36.8. The Bertz CT molecular complexity index is 974. The van der Waals surface area contributed by atoms with Gasteiger partial charge in [0.15, 0.2) is 0 Å². The number of aryl methyl sites for hydroxylation is 1. The van der Waals surface area contributed by atoms with Gasteiger partial charge in [-0.2, -0.15) is 0 Å². The van der Waals surface area contributed by atoms with Crippen molar-refractivity contribution in [2.75, 3.05) is 30.8 Å². The molecule has 8 heteroatoms. The lowest BCUT2D eigenvalue weighted by molar-refractivity contribution is -0.121. The minimum atomic E-state index is -3.45. The van der Waals surface area contributed by atoms with Gasteiger partial charge >= 0.3 is 0 Å². The average Bonchev–Trinajstić information content (AvgIpc) is 2.71. The molecule has 0 spiro atoms. The molecule has 7 nitrogen and oxygen atoms in total. The van der Waals surface area contributed by atoms with Crippen molar-refractivity contribution in [1.29, 1.82) is 0 Å². The highest BCUT2D eigenvalue weighted by atomic mass is 32.2. The third-order valence-electron chi connectivity index (χ3n) is 4.98. The third kappa shape index (κ3) is 7.47. The number of rotatable bonds is 11. The molecule has 1 atom stereocenters. The predicted octanol–water partition coefficient (Wildman–Crippen LogP) is 3.44. The maximum absolute atomic E-state index is 12.3. The van der Waals surface area contributed by atoms with E-state index in [-0.39, 0.29) is 24.9 Å². The molecule has 2 rings (SSSR count). The molecule has 31 heavy (non-hydrogen) atoms. The van der Waals surface area contributed by atoms with Crippen LogP contribution in [0.25, 0.3) is 0 Å². The molecule has 1 N–H and O–H groups in total. The number of hydrogen-bond donors (Lipinski definition) is 1. The van der Waals surface area contributed by atoms with Gasteiger partial charge in [-0.3, -0.25) is 9.10 Å². The highest BCUT2D eigenvalue weighted by Crippen LogP contribution is 2.25. The zero-order chi connectivity index (χ0) is 23.0. The second-order valence-electron chi connectivity index (χ2n) is 7.61. The van der Waals surface area contributed by atoms with Crippen molar-refractivity contribution >= 4 is 21.6 Å². The molecule has 2 aromatic rings. The van der Waals surface area contributed by atoms with Crippen molar-refractivity contribution in [2.45, 2.75) is 39.7 Å². The monoisotopic (exact) mass is 448 g/mol. The molecule has 0 fully saturated rings. The smallest absolute Gasteiger partial charge is 0.232 e. The number of carbonyl (C=O) groups excluding carboxylic acids is 1. The van der Waals surface area contributed by atoms with Gasteiger partial charge in [-0.25, -0.2) is 8.42 Å². The SMILES string of the molecule is COc1ccc(OCC(C)NC(=O)CCCN(c2cccc(C)c2C)S(C)(=O)=O)cc1. The van der Waals surface area contributed by atoms with Crippen LogP contribution >= 0.6 is 0 Å². The van der Waals surface area contributed by atoms with Gasteiger partial charge in [0.1, 0.15) is 18.1 Å². The lowest BCUT2D eigenvalue weighted by Gasteiger charge is -2.25. The van der Waals surface area contributed by atoms with Gasteiger partial charge in [0.25, 0.3) is 0 Å². The van der Waals surface area contributed by atoms with Crippen molar-refractivity contribution < 1.29 is 22.7 Å². The number of hydrogen-bond acceptors (Lipinski definition) is 5. The lowest BCUT2D eigenvalue weighted by Crippen LogP contribution is -2.37. The summed E-state index contributed by atoms with van der Waals surface area (Å²) >= 11 is 0. The number of amides is 1. The molecular formula is C23H32N2O5S. The fraction of sp³-hybridized carbons (Fsp3) is 0.435. The van der Waals surface area contributed by atoms with Crippen LogP contribution in [0.15, 0.2) is 42.5 Å². The van der Waals surface area contributed by atoms with Gasteiger partial charge in [-0.1, -0.05) is 12.1 Å². The van der Waals surface area contributed by atoms with Crippen LogP contribution in [0.2, 0.25) is 0 Å². The number of benzene rings is 2. The predicted molar refractivity (Wildman–Crippen MR) is 123 cm³/mol. The van der Waals surface area contributed by atoms with Crippen molar-refractivity contribution in [3.05, 3.63) is 53.6 Å². The Hall–Kier alpha value is -2.74. The highest BCUT2D eigenvalue weighted by Gasteiger charge is 2.20. The van der Waals surface area contributed by atoms with Crippen LogP contribution in [-0.4, -0.2) is 46.9 Å². The summed E-state index contributed by atoms with van der Waals surface area (Å²) in [6, 6.07) is 12.6. The number of nitrogens with one attached hydrogen (secondary N) is 1. The topological polar surface area (TPSA) is 84.9 Å². The second kappa shape index (κ2) is 11.0.